The van der Waals surface area contributed by atoms with Crippen molar-refractivity contribution in [3.63, 3.8) is 0 Å². The average Bonchev–Trinajstić information content (AvgIpc) is 3.09. The predicted octanol–water partition coefficient (Wildman–Crippen LogP) is 2.47. The number of hydrogen-bond donors (Lipinski definition) is 1. The number of benzene rings is 1. The number of carbonyl (C=O) groups excluding carboxylic acids is 1. The van der Waals surface area contributed by atoms with Gasteiger partial charge in [0.25, 0.3) is 10.0 Å². The number of amides is 1. The average molecular weight is 352 g/mol. The standard InChI is InChI=1S/C16H20N2O3S2/c1-18(23(20,21)16-10-6-12-22-16)11-5-9-15(19)17-13-14-7-3-2-4-8-14/h2-4,6-8,10,12H,5,9,11,13H2,1H3,(H,17,19). The Morgan fingerprint density at radius 2 is 1.91 bits per heavy atom. The molecule has 1 N–H and O–H groups in total. The van der Waals surface area contributed by atoms with E-state index in [1.807, 2.05) is 30.3 Å². The molecule has 0 saturated carbocycles. The highest BCUT2D eigenvalue weighted by molar-refractivity contribution is 7.91. The van der Waals surface area contributed by atoms with E-state index in [0.717, 1.165) is 5.56 Å². The second kappa shape index (κ2) is 8.24. The van der Waals surface area contributed by atoms with E-state index < -0.39 is 10.0 Å². The van der Waals surface area contributed by atoms with Crippen LogP contribution in [0.5, 0.6) is 0 Å². The first kappa shape index (κ1) is 17.7. The van der Waals surface area contributed by atoms with Crippen LogP contribution in [0.15, 0.2) is 52.1 Å². The van der Waals surface area contributed by atoms with Crippen LogP contribution in [0.25, 0.3) is 0 Å². The molecule has 0 unspecified atom stereocenters. The fourth-order valence-corrected chi connectivity index (χ4v) is 4.44. The van der Waals surface area contributed by atoms with Crippen LogP contribution in [0.4, 0.5) is 0 Å². The zero-order valence-electron chi connectivity index (χ0n) is 12.9. The number of hydrogen-bond acceptors (Lipinski definition) is 4. The summed E-state index contributed by atoms with van der Waals surface area (Å²) in [5.74, 6) is -0.0734. The molecule has 5 nitrogen and oxygen atoms in total. The third-order valence-corrected chi connectivity index (χ3v) is 6.60. The lowest BCUT2D eigenvalue weighted by molar-refractivity contribution is -0.121. The van der Waals surface area contributed by atoms with Gasteiger partial charge < -0.3 is 5.32 Å². The fraction of sp³-hybridized carbons (Fsp3) is 0.312. The van der Waals surface area contributed by atoms with Crippen molar-refractivity contribution in [2.45, 2.75) is 23.6 Å². The van der Waals surface area contributed by atoms with Crippen LogP contribution in [0, 0.1) is 0 Å². The Balaban J connectivity index is 1.73. The van der Waals surface area contributed by atoms with Crippen LogP contribution in [0.2, 0.25) is 0 Å². The van der Waals surface area contributed by atoms with Crippen LogP contribution in [-0.4, -0.2) is 32.2 Å². The summed E-state index contributed by atoms with van der Waals surface area (Å²) in [5, 5.41) is 4.57. The topological polar surface area (TPSA) is 66.5 Å². The molecule has 0 aliphatic heterocycles. The van der Waals surface area contributed by atoms with Gasteiger partial charge in [-0.25, -0.2) is 12.7 Å². The van der Waals surface area contributed by atoms with E-state index in [-0.39, 0.29) is 5.91 Å². The quantitative estimate of drug-likeness (QED) is 0.794. The van der Waals surface area contributed by atoms with Gasteiger partial charge in [-0.2, -0.15) is 0 Å². The SMILES string of the molecule is CN(CCCC(=O)NCc1ccccc1)S(=O)(=O)c1cccs1. The summed E-state index contributed by atoms with van der Waals surface area (Å²) >= 11 is 1.19. The molecule has 0 fully saturated rings. The molecule has 0 saturated heterocycles. The summed E-state index contributed by atoms with van der Waals surface area (Å²) in [6.45, 7) is 0.808. The minimum atomic E-state index is -3.43. The Morgan fingerprint density at radius 3 is 2.57 bits per heavy atom. The molecule has 0 bridgehead atoms. The first-order valence-corrected chi connectivity index (χ1v) is 9.62. The molecular formula is C16H20N2O3S2. The number of sulfonamides is 1. The molecule has 0 radical (unpaired) electrons. The van der Waals surface area contributed by atoms with Gasteiger partial charge in [-0.15, -0.1) is 11.3 Å². The number of nitrogens with zero attached hydrogens (tertiary/aromatic N) is 1. The van der Waals surface area contributed by atoms with Crippen molar-refractivity contribution in [1.29, 1.82) is 0 Å². The lowest BCUT2D eigenvalue weighted by atomic mass is 10.2. The molecule has 2 rings (SSSR count). The molecule has 2 aromatic rings. The molecule has 0 atom stereocenters. The summed E-state index contributed by atoms with van der Waals surface area (Å²) in [6, 6.07) is 13.0. The minimum Gasteiger partial charge on any atom is -0.352 e. The third kappa shape index (κ3) is 5.16. The molecule has 1 heterocycles. The van der Waals surface area contributed by atoms with Crippen molar-refractivity contribution in [3.8, 4) is 0 Å². The van der Waals surface area contributed by atoms with Gasteiger partial charge in [-0.1, -0.05) is 36.4 Å². The van der Waals surface area contributed by atoms with Crippen LogP contribution in [0.1, 0.15) is 18.4 Å². The van der Waals surface area contributed by atoms with Crippen LogP contribution in [-0.2, 0) is 21.4 Å². The minimum absolute atomic E-state index is 0.0734. The fourth-order valence-electron chi connectivity index (χ4n) is 2.03. The first-order valence-electron chi connectivity index (χ1n) is 7.30. The van der Waals surface area contributed by atoms with Crippen LogP contribution in [0.3, 0.4) is 0 Å². The smallest absolute Gasteiger partial charge is 0.252 e. The molecule has 0 aliphatic carbocycles. The molecule has 1 amide bonds. The lowest BCUT2D eigenvalue weighted by Gasteiger charge is -2.15. The van der Waals surface area contributed by atoms with Crippen LogP contribution >= 0.6 is 11.3 Å². The zero-order valence-corrected chi connectivity index (χ0v) is 14.6. The molecular weight excluding hydrogens is 332 g/mol. The van der Waals surface area contributed by atoms with Crippen molar-refractivity contribution < 1.29 is 13.2 Å². The van der Waals surface area contributed by atoms with Crippen molar-refractivity contribution in [2.75, 3.05) is 13.6 Å². The Kier molecular flexibility index (Phi) is 6.32. The van der Waals surface area contributed by atoms with E-state index in [1.165, 1.54) is 22.7 Å². The number of thiophene rings is 1. The Labute approximate surface area is 141 Å². The van der Waals surface area contributed by atoms with Crippen molar-refractivity contribution in [1.82, 2.24) is 9.62 Å². The van der Waals surface area contributed by atoms with Crippen LogP contribution < -0.4 is 5.32 Å². The van der Waals surface area contributed by atoms with Gasteiger partial charge >= 0.3 is 0 Å². The monoisotopic (exact) mass is 352 g/mol. The van der Waals surface area contributed by atoms with E-state index >= 15 is 0 Å². The maximum Gasteiger partial charge on any atom is 0.252 e. The Bertz CT molecular complexity index is 713. The van der Waals surface area contributed by atoms with E-state index in [1.54, 1.807) is 17.5 Å². The van der Waals surface area contributed by atoms with E-state index in [2.05, 4.69) is 5.32 Å². The summed E-state index contributed by atoms with van der Waals surface area (Å²) in [4.78, 5) is 11.8. The van der Waals surface area contributed by atoms with Gasteiger partial charge in [0.2, 0.25) is 5.91 Å². The van der Waals surface area contributed by atoms with Gasteiger partial charge in [-0.3, -0.25) is 4.79 Å². The zero-order chi connectivity index (χ0) is 16.7. The molecule has 124 valence electrons. The Morgan fingerprint density at radius 1 is 1.17 bits per heavy atom. The van der Waals surface area contributed by atoms with E-state index in [4.69, 9.17) is 0 Å². The van der Waals surface area contributed by atoms with Crippen molar-refractivity contribution >= 4 is 27.3 Å². The van der Waals surface area contributed by atoms with E-state index in [0.29, 0.717) is 30.1 Å². The normalized spacial score (nSPS) is 11.6. The molecule has 23 heavy (non-hydrogen) atoms. The van der Waals surface area contributed by atoms with Crippen molar-refractivity contribution in [3.05, 3.63) is 53.4 Å². The highest BCUT2D eigenvalue weighted by atomic mass is 32.2. The van der Waals surface area contributed by atoms with E-state index in [9.17, 15) is 13.2 Å². The molecule has 0 aliphatic rings. The summed E-state index contributed by atoms with van der Waals surface area (Å²) in [5.41, 5.74) is 1.04. The number of nitrogens with one attached hydrogen (secondary N) is 1. The third-order valence-electron chi connectivity index (χ3n) is 3.37. The molecule has 1 aromatic carbocycles. The maximum absolute atomic E-state index is 12.2. The van der Waals surface area contributed by atoms with Gasteiger partial charge in [0, 0.05) is 26.6 Å². The maximum atomic E-state index is 12.2. The summed E-state index contributed by atoms with van der Waals surface area (Å²) in [7, 11) is -1.89. The largest absolute Gasteiger partial charge is 0.352 e. The molecule has 0 spiro atoms. The highest BCUT2D eigenvalue weighted by Gasteiger charge is 2.21. The second-order valence-electron chi connectivity index (χ2n) is 5.12. The summed E-state index contributed by atoms with van der Waals surface area (Å²) in [6.07, 6.45) is 0.791. The molecule has 1 aromatic heterocycles. The van der Waals surface area contributed by atoms with Crippen molar-refractivity contribution in [2.24, 2.45) is 0 Å². The first-order chi connectivity index (χ1) is 11.0. The molecule has 7 heteroatoms. The van der Waals surface area contributed by atoms with Gasteiger partial charge in [0.1, 0.15) is 4.21 Å². The summed E-state index contributed by atoms with van der Waals surface area (Å²) < 4.78 is 26.1. The highest BCUT2D eigenvalue weighted by Crippen LogP contribution is 2.19. The van der Waals surface area contributed by atoms with Gasteiger partial charge in [-0.05, 0) is 23.4 Å². The number of rotatable bonds is 8. The Hall–Kier alpha value is -1.70. The van der Waals surface area contributed by atoms with Gasteiger partial charge in [0.15, 0.2) is 0 Å². The lowest BCUT2D eigenvalue weighted by Crippen LogP contribution is -2.29. The predicted molar refractivity (Wildman–Crippen MR) is 91.7 cm³/mol. The van der Waals surface area contributed by atoms with Gasteiger partial charge in [0.05, 0.1) is 0 Å². The second-order valence-corrected chi connectivity index (χ2v) is 8.34. The number of carbonyl (C=O) groups is 1.